The number of rotatable bonds is 9. The highest BCUT2D eigenvalue weighted by atomic mass is 16.5. The van der Waals surface area contributed by atoms with E-state index >= 15 is 0 Å². The maximum atomic E-state index is 12.1. The Labute approximate surface area is 154 Å². The molecule has 0 heterocycles. The van der Waals surface area contributed by atoms with Gasteiger partial charge in [0.15, 0.2) is 0 Å². The summed E-state index contributed by atoms with van der Waals surface area (Å²) in [6.45, 7) is 2.98. The van der Waals surface area contributed by atoms with E-state index in [1.165, 1.54) is 0 Å². The molecule has 0 radical (unpaired) electrons. The van der Waals surface area contributed by atoms with E-state index in [9.17, 15) is 9.59 Å². The van der Waals surface area contributed by atoms with Crippen molar-refractivity contribution in [2.45, 2.75) is 13.3 Å². The lowest BCUT2D eigenvalue weighted by Crippen LogP contribution is -2.39. The van der Waals surface area contributed by atoms with E-state index in [0.29, 0.717) is 18.0 Å². The molecule has 0 aliphatic rings. The Morgan fingerprint density at radius 2 is 1.54 bits per heavy atom. The second-order valence-corrected chi connectivity index (χ2v) is 6.01. The smallest absolute Gasteiger partial charge is 0.238 e. The molecule has 2 N–H and O–H groups in total. The minimum absolute atomic E-state index is 0.0791. The van der Waals surface area contributed by atoms with Crippen LogP contribution in [0.4, 0.5) is 5.69 Å². The number of benzene rings is 2. The zero-order valence-electron chi connectivity index (χ0n) is 15.2. The van der Waals surface area contributed by atoms with Crippen LogP contribution in [0.2, 0.25) is 0 Å². The van der Waals surface area contributed by atoms with Crippen LogP contribution in [0.3, 0.4) is 0 Å². The van der Waals surface area contributed by atoms with Crippen LogP contribution in [0.25, 0.3) is 0 Å². The number of anilines is 1. The molecular formula is C20H25N3O3. The van der Waals surface area contributed by atoms with Crippen molar-refractivity contribution in [1.29, 1.82) is 0 Å². The number of amides is 2. The zero-order valence-corrected chi connectivity index (χ0v) is 15.2. The summed E-state index contributed by atoms with van der Waals surface area (Å²) in [5, 5.41) is 5.60. The van der Waals surface area contributed by atoms with Gasteiger partial charge in [-0.2, -0.15) is 0 Å². The van der Waals surface area contributed by atoms with Crippen molar-refractivity contribution in [1.82, 2.24) is 10.2 Å². The van der Waals surface area contributed by atoms with Crippen LogP contribution in [-0.4, -0.2) is 43.4 Å². The number of nitrogens with zero attached hydrogens (tertiary/aromatic N) is 1. The number of likely N-dealkylation sites (N-methyl/N-ethyl adjacent to an activating group) is 1. The Hall–Kier alpha value is -2.86. The number of hydrogen-bond donors (Lipinski definition) is 2. The number of para-hydroxylation sites is 1. The lowest BCUT2D eigenvalue weighted by atomic mass is 10.3. The fraction of sp³-hybridized carbons (Fsp3) is 0.300. The summed E-state index contributed by atoms with van der Waals surface area (Å²) >= 11 is 0. The second kappa shape index (κ2) is 10.2. The highest BCUT2D eigenvalue weighted by Gasteiger charge is 2.10. The Kier molecular flexibility index (Phi) is 7.64. The highest BCUT2D eigenvalue weighted by Crippen LogP contribution is 2.22. The molecule has 0 saturated carbocycles. The summed E-state index contributed by atoms with van der Waals surface area (Å²) in [5.74, 6) is 1.20. The minimum Gasteiger partial charge on any atom is -0.457 e. The largest absolute Gasteiger partial charge is 0.457 e. The molecule has 0 spiro atoms. The molecule has 2 aromatic rings. The summed E-state index contributed by atoms with van der Waals surface area (Å²) < 4.78 is 5.71. The molecule has 138 valence electrons. The van der Waals surface area contributed by atoms with E-state index in [4.69, 9.17) is 4.74 Å². The van der Waals surface area contributed by atoms with Gasteiger partial charge in [-0.25, -0.2) is 0 Å². The summed E-state index contributed by atoms with van der Waals surface area (Å²) in [7, 11) is 1.74. The highest BCUT2D eigenvalue weighted by molar-refractivity contribution is 5.92. The molecule has 0 aromatic heterocycles. The average Bonchev–Trinajstić information content (AvgIpc) is 2.62. The molecular weight excluding hydrogens is 330 g/mol. The van der Waals surface area contributed by atoms with Crippen molar-refractivity contribution < 1.29 is 14.3 Å². The summed E-state index contributed by atoms with van der Waals surface area (Å²) in [6.07, 6.45) is 0.889. The summed E-state index contributed by atoms with van der Waals surface area (Å²) in [5.41, 5.74) is 0.680. The first-order valence-corrected chi connectivity index (χ1v) is 8.65. The first-order chi connectivity index (χ1) is 12.6. The van der Waals surface area contributed by atoms with Gasteiger partial charge in [0.05, 0.1) is 13.1 Å². The molecule has 2 amide bonds. The van der Waals surface area contributed by atoms with Gasteiger partial charge in [-0.3, -0.25) is 14.5 Å². The standard InChI is InChI=1S/C20H25N3O3/c1-3-13-21-19(24)14-23(2)15-20(25)22-16-9-11-18(12-10-16)26-17-7-5-4-6-8-17/h4-12H,3,13-15H2,1-2H3,(H,21,24)(H,22,25). The van der Waals surface area contributed by atoms with E-state index in [2.05, 4.69) is 10.6 Å². The monoisotopic (exact) mass is 355 g/mol. The number of ether oxygens (including phenoxy) is 1. The van der Waals surface area contributed by atoms with Crippen molar-refractivity contribution in [2.75, 3.05) is 32.0 Å². The molecule has 0 aliphatic carbocycles. The maximum Gasteiger partial charge on any atom is 0.238 e. The van der Waals surface area contributed by atoms with Gasteiger partial charge in [0.1, 0.15) is 11.5 Å². The molecule has 0 bridgehead atoms. The van der Waals surface area contributed by atoms with Crippen molar-refractivity contribution in [3.63, 3.8) is 0 Å². The molecule has 6 nitrogen and oxygen atoms in total. The molecule has 6 heteroatoms. The fourth-order valence-corrected chi connectivity index (χ4v) is 2.30. The Balaban J connectivity index is 1.79. The molecule has 0 unspecified atom stereocenters. The van der Waals surface area contributed by atoms with Crippen molar-refractivity contribution in [3.8, 4) is 11.5 Å². The van der Waals surface area contributed by atoms with Crippen LogP contribution in [-0.2, 0) is 9.59 Å². The average molecular weight is 355 g/mol. The molecule has 0 atom stereocenters. The van der Waals surface area contributed by atoms with Crippen molar-refractivity contribution >= 4 is 17.5 Å². The van der Waals surface area contributed by atoms with E-state index in [1.807, 2.05) is 37.3 Å². The minimum atomic E-state index is -0.174. The van der Waals surface area contributed by atoms with Gasteiger partial charge in [0.25, 0.3) is 0 Å². The van der Waals surface area contributed by atoms with Crippen LogP contribution in [0.1, 0.15) is 13.3 Å². The number of carbonyl (C=O) groups is 2. The van der Waals surface area contributed by atoms with Gasteiger partial charge in [-0.15, -0.1) is 0 Å². The molecule has 26 heavy (non-hydrogen) atoms. The molecule has 0 aliphatic heterocycles. The molecule has 2 aromatic carbocycles. The van der Waals surface area contributed by atoms with Gasteiger partial charge in [-0.05, 0) is 49.9 Å². The number of carbonyl (C=O) groups excluding carboxylic acids is 2. The summed E-state index contributed by atoms with van der Waals surface area (Å²) in [6, 6.07) is 16.6. The summed E-state index contributed by atoms with van der Waals surface area (Å²) in [4.78, 5) is 25.4. The SMILES string of the molecule is CCCNC(=O)CN(C)CC(=O)Nc1ccc(Oc2ccccc2)cc1. The third-order valence-electron chi connectivity index (χ3n) is 3.52. The van der Waals surface area contributed by atoms with Crippen LogP contribution < -0.4 is 15.4 Å². The van der Waals surface area contributed by atoms with Gasteiger partial charge in [0, 0.05) is 12.2 Å². The van der Waals surface area contributed by atoms with E-state index in [0.717, 1.165) is 12.2 Å². The molecule has 0 saturated heterocycles. The topological polar surface area (TPSA) is 70.7 Å². The molecule has 0 fully saturated rings. The fourth-order valence-electron chi connectivity index (χ4n) is 2.30. The third kappa shape index (κ3) is 6.94. The Morgan fingerprint density at radius 3 is 2.19 bits per heavy atom. The van der Waals surface area contributed by atoms with Gasteiger partial charge in [-0.1, -0.05) is 25.1 Å². The lowest BCUT2D eigenvalue weighted by Gasteiger charge is -2.16. The number of nitrogens with one attached hydrogen (secondary N) is 2. The second-order valence-electron chi connectivity index (χ2n) is 6.01. The predicted molar refractivity (Wildman–Crippen MR) is 102 cm³/mol. The van der Waals surface area contributed by atoms with Gasteiger partial charge >= 0.3 is 0 Å². The van der Waals surface area contributed by atoms with Crippen LogP contribution in [0.5, 0.6) is 11.5 Å². The number of hydrogen-bond acceptors (Lipinski definition) is 4. The van der Waals surface area contributed by atoms with E-state index < -0.39 is 0 Å². The normalized spacial score (nSPS) is 10.4. The first-order valence-electron chi connectivity index (χ1n) is 8.65. The lowest BCUT2D eigenvalue weighted by molar-refractivity contribution is -0.122. The quantitative estimate of drug-likeness (QED) is 0.726. The van der Waals surface area contributed by atoms with Crippen molar-refractivity contribution in [2.24, 2.45) is 0 Å². The van der Waals surface area contributed by atoms with Gasteiger partial charge in [0.2, 0.25) is 11.8 Å². The van der Waals surface area contributed by atoms with E-state index in [-0.39, 0.29) is 24.9 Å². The van der Waals surface area contributed by atoms with E-state index in [1.54, 1.807) is 36.2 Å². The third-order valence-corrected chi connectivity index (χ3v) is 3.52. The maximum absolute atomic E-state index is 12.1. The van der Waals surface area contributed by atoms with Crippen molar-refractivity contribution in [3.05, 3.63) is 54.6 Å². The van der Waals surface area contributed by atoms with Crippen LogP contribution in [0.15, 0.2) is 54.6 Å². The van der Waals surface area contributed by atoms with Gasteiger partial charge < -0.3 is 15.4 Å². The zero-order chi connectivity index (χ0) is 18.8. The van der Waals surface area contributed by atoms with Crippen LogP contribution in [0, 0.1) is 0 Å². The first kappa shape index (κ1) is 19.5. The Bertz CT molecular complexity index is 702. The van der Waals surface area contributed by atoms with Crippen LogP contribution >= 0.6 is 0 Å². The Morgan fingerprint density at radius 1 is 0.923 bits per heavy atom. The predicted octanol–water partition coefficient (Wildman–Crippen LogP) is 2.88. The molecule has 2 rings (SSSR count).